The van der Waals surface area contributed by atoms with Crippen LogP contribution in [-0.2, 0) is 20.6 Å². The summed E-state index contributed by atoms with van der Waals surface area (Å²) in [5, 5.41) is 0.513. The van der Waals surface area contributed by atoms with E-state index < -0.39 is 11.2 Å². The Balaban J connectivity index is 1.70. The first-order valence-electron chi connectivity index (χ1n) is 9.38. The lowest BCUT2D eigenvalue weighted by Gasteiger charge is -2.08. The maximum absolute atomic E-state index is 13.1. The van der Waals surface area contributed by atoms with Gasteiger partial charge in [0.05, 0.1) is 12.3 Å². The molecular formula is C22H20N4O3S. The third-order valence-corrected chi connectivity index (χ3v) is 5.96. The van der Waals surface area contributed by atoms with Crippen molar-refractivity contribution in [2.45, 2.75) is 11.7 Å². The predicted molar refractivity (Wildman–Crippen MR) is 117 cm³/mol. The number of aryl methyl sites for hydroxylation is 2. The molecule has 0 bridgehead atoms. The number of imidazole rings is 1. The summed E-state index contributed by atoms with van der Waals surface area (Å²) < 4.78 is 4.24. The number of carbonyl (C=O) groups excluding carboxylic acids is 1. The van der Waals surface area contributed by atoms with Crippen LogP contribution in [0.15, 0.2) is 75.4 Å². The first-order valence-corrected chi connectivity index (χ1v) is 10.4. The van der Waals surface area contributed by atoms with Gasteiger partial charge in [0, 0.05) is 19.7 Å². The molecule has 2 aromatic heterocycles. The van der Waals surface area contributed by atoms with Gasteiger partial charge in [-0.1, -0.05) is 72.4 Å². The number of ketones is 1. The van der Waals surface area contributed by atoms with Gasteiger partial charge in [-0.3, -0.25) is 18.7 Å². The van der Waals surface area contributed by atoms with Gasteiger partial charge in [-0.2, -0.15) is 0 Å². The first-order chi connectivity index (χ1) is 14.5. The van der Waals surface area contributed by atoms with E-state index in [1.807, 2.05) is 48.5 Å². The van der Waals surface area contributed by atoms with Crippen molar-refractivity contribution >= 4 is 28.7 Å². The summed E-state index contributed by atoms with van der Waals surface area (Å²) in [5.41, 5.74) is 1.32. The van der Waals surface area contributed by atoms with Gasteiger partial charge in [-0.15, -0.1) is 0 Å². The van der Waals surface area contributed by atoms with Crippen molar-refractivity contribution in [3.63, 3.8) is 0 Å². The van der Waals surface area contributed by atoms with Gasteiger partial charge < -0.3 is 4.57 Å². The largest absolute Gasteiger partial charge is 0.332 e. The second-order valence-electron chi connectivity index (χ2n) is 6.92. The van der Waals surface area contributed by atoms with E-state index in [9.17, 15) is 14.4 Å². The fraction of sp³-hybridized carbons (Fsp3) is 0.182. The first kappa shape index (κ1) is 19.9. The van der Waals surface area contributed by atoms with Gasteiger partial charge in [0.1, 0.15) is 0 Å². The van der Waals surface area contributed by atoms with E-state index in [2.05, 4.69) is 4.98 Å². The van der Waals surface area contributed by atoms with Crippen molar-refractivity contribution in [2.75, 3.05) is 5.75 Å². The highest BCUT2D eigenvalue weighted by Crippen LogP contribution is 2.21. The van der Waals surface area contributed by atoms with E-state index in [4.69, 9.17) is 0 Å². The molecule has 8 heteroatoms. The molecule has 30 heavy (non-hydrogen) atoms. The Kier molecular flexibility index (Phi) is 5.41. The quantitative estimate of drug-likeness (QED) is 0.354. The standard InChI is InChI=1S/C22H20N4O3S/c1-24-18-19(23-21(24)30-14-17(27)16-11-7-4-8-12-16)25(2)22(29)26(20(18)28)13-15-9-5-3-6-10-15/h3-12H,13-14H2,1-2H3. The minimum absolute atomic E-state index is 0.0250. The fourth-order valence-corrected chi connectivity index (χ4v) is 4.16. The number of fused-ring (bicyclic) bond motifs is 1. The van der Waals surface area contributed by atoms with Gasteiger partial charge >= 0.3 is 5.69 Å². The smallest absolute Gasteiger partial charge is 0.316 e. The number of Topliss-reactive ketones (excluding diaryl/α,β-unsaturated/α-hetero) is 1. The molecule has 2 aromatic carbocycles. The molecule has 0 unspecified atom stereocenters. The van der Waals surface area contributed by atoms with Gasteiger partial charge in [-0.25, -0.2) is 9.78 Å². The number of thioether (sulfide) groups is 1. The molecule has 2 heterocycles. The second-order valence-corrected chi connectivity index (χ2v) is 7.86. The van der Waals surface area contributed by atoms with Gasteiger partial charge in [0.25, 0.3) is 5.56 Å². The average molecular weight is 420 g/mol. The molecule has 7 nitrogen and oxygen atoms in total. The number of aromatic nitrogens is 4. The van der Waals surface area contributed by atoms with E-state index in [0.717, 1.165) is 5.56 Å². The van der Waals surface area contributed by atoms with Crippen molar-refractivity contribution < 1.29 is 4.79 Å². The highest BCUT2D eigenvalue weighted by atomic mass is 32.2. The van der Waals surface area contributed by atoms with Crippen LogP contribution in [0.3, 0.4) is 0 Å². The summed E-state index contributed by atoms with van der Waals surface area (Å²) in [7, 11) is 3.32. The van der Waals surface area contributed by atoms with E-state index >= 15 is 0 Å². The third kappa shape index (κ3) is 3.61. The lowest BCUT2D eigenvalue weighted by molar-refractivity contribution is 0.102. The van der Waals surface area contributed by atoms with E-state index in [1.54, 1.807) is 30.8 Å². The number of benzene rings is 2. The van der Waals surface area contributed by atoms with Crippen LogP contribution in [-0.4, -0.2) is 30.2 Å². The molecular weight excluding hydrogens is 400 g/mol. The summed E-state index contributed by atoms with van der Waals surface area (Å²) in [6, 6.07) is 18.4. The zero-order valence-corrected chi connectivity index (χ0v) is 17.4. The van der Waals surface area contributed by atoms with Gasteiger partial charge in [0.15, 0.2) is 22.1 Å². The Hall–Kier alpha value is -3.39. The lowest BCUT2D eigenvalue weighted by atomic mass is 10.2. The van der Waals surface area contributed by atoms with Crippen LogP contribution >= 0.6 is 11.8 Å². The number of nitrogens with zero attached hydrogens (tertiary/aromatic N) is 4. The molecule has 0 aliphatic carbocycles. The predicted octanol–water partition coefficient (Wildman–Crippen LogP) is 2.46. The average Bonchev–Trinajstić information content (AvgIpc) is 3.11. The topological polar surface area (TPSA) is 78.9 Å². The van der Waals surface area contributed by atoms with Crippen molar-refractivity contribution in [1.82, 2.24) is 18.7 Å². The van der Waals surface area contributed by atoms with Crippen LogP contribution in [0.25, 0.3) is 11.2 Å². The van der Waals surface area contributed by atoms with Crippen LogP contribution in [0.1, 0.15) is 15.9 Å². The molecule has 152 valence electrons. The number of hydrogen-bond donors (Lipinski definition) is 0. The molecule has 0 spiro atoms. The van der Waals surface area contributed by atoms with Gasteiger partial charge in [-0.05, 0) is 5.56 Å². The Labute approximate surface area is 176 Å². The molecule has 0 aliphatic heterocycles. The van der Waals surface area contributed by atoms with Crippen LogP contribution < -0.4 is 11.2 Å². The monoisotopic (exact) mass is 420 g/mol. The molecule has 4 aromatic rings. The third-order valence-electron chi connectivity index (χ3n) is 4.93. The van der Waals surface area contributed by atoms with Crippen molar-refractivity contribution in [3.8, 4) is 0 Å². The normalized spacial score (nSPS) is 11.1. The Morgan fingerprint density at radius 3 is 2.23 bits per heavy atom. The number of hydrogen-bond acceptors (Lipinski definition) is 5. The van der Waals surface area contributed by atoms with Crippen molar-refractivity contribution in [1.29, 1.82) is 0 Å². The zero-order valence-electron chi connectivity index (χ0n) is 16.6. The van der Waals surface area contributed by atoms with Crippen molar-refractivity contribution in [3.05, 3.63) is 92.6 Å². The number of carbonyl (C=O) groups is 1. The fourth-order valence-electron chi connectivity index (χ4n) is 3.30. The van der Waals surface area contributed by atoms with E-state index in [1.165, 1.54) is 20.9 Å². The van der Waals surface area contributed by atoms with Crippen molar-refractivity contribution in [2.24, 2.45) is 14.1 Å². The Bertz CT molecular complexity index is 1340. The highest BCUT2D eigenvalue weighted by Gasteiger charge is 2.19. The number of rotatable bonds is 6. The molecule has 0 amide bonds. The molecule has 4 rings (SSSR count). The molecule has 0 saturated carbocycles. The lowest BCUT2D eigenvalue weighted by Crippen LogP contribution is -2.39. The van der Waals surface area contributed by atoms with Crippen LogP contribution in [0.4, 0.5) is 0 Å². The minimum Gasteiger partial charge on any atom is -0.316 e. The Morgan fingerprint density at radius 2 is 1.57 bits per heavy atom. The molecule has 0 aliphatic rings. The highest BCUT2D eigenvalue weighted by molar-refractivity contribution is 7.99. The summed E-state index contributed by atoms with van der Waals surface area (Å²) in [5.74, 6) is 0.163. The maximum atomic E-state index is 13.1. The summed E-state index contributed by atoms with van der Waals surface area (Å²) in [4.78, 5) is 42.8. The van der Waals surface area contributed by atoms with E-state index in [0.29, 0.717) is 21.9 Å². The molecule has 0 fully saturated rings. The molecule has 0 atom stereocenters. The van der Waals surface area contributed by atoms with Gasteiger partial charge in [0.2, 0.25) is 0 Å². The van der Waals surface area contributed by atoms with Crippen LogP contribution in [0.2, 0.25) is 0 Å². The van der Waals surface area contributed by atoms with Crippen LogP contribution in [0.5, 0.6) is 0 Å². The summed E-state index contributed by atoms with van der Waals surface area (Å²) in [6.07, 6.45) is 0. The molecule has 0 N–H and O–H groups in total. The van der Waals surface area contributed by atoms with E-state index in [-0.39, 0.29) is 18.1 Å². The molecule has 0 radical (unpaired) electrons. The second kappa shape index (κ2) is 8.16. The summed E-state index contributed by atoms with van der Waals surface area (Å²) in [6.45, 7) is 0.183. The maximum Gasteiger partial charge on any atom is 0.332 e. The minimum atomic E-state index is -0.425. The summed E-state index contributed by atoms with van der Waals surface area (Å²) >= 11 is 1.25. The van der Waals surface area contributed by atoms with Crippen LogP contribution in [0, 0.1) is 0 Å². The Morgan fingerprint density at radius 1 is 0.933 bits per heavy atom. The SMILES string of the molecule is Cn1c(SCC(=O)c2ccccc2)nc2c1c(=O)n(Cc1ccccc1)c(=O)n2C. The zero-order chi connectivity index (χ0) is 21.3. The molecule has 0 saturated heterocycles.